The minimum atomic E-state index is 0.623. The van der Waals surface area contributed by atoms with Gasteiger partial charge in [-0.3, -0.25) is 4.90 Å². The van der Waals surface area contributed by atoms with Gasteiger partial charge in [0.1, 0.15) is 5.76 Å². The van der Waals surface area contributed by atoms with Gasteiger partial charge in [0, 0.05) is 18.6 Å². The van der Waals surface area contributed by atoms with Gasteiger partial charge in [0.15, 0.2) is 0 Å². The van der Waals surface area contributed by atoms with E-state index in [0.29, 0.717) is 12.1 Å². The molecule has 3 nitrogen and oxygen atoms in total. The Bertz CT molecular complexity index is 282. The van der Waals surface area contributed by atoms with E-state index in [1.165, 1.54) is 19.5 Å². The lowest BCUT2D eigenvalue weighted by Crippen LogP contribution is -2.34. The van der Waals surface area contributed by atoms with Crippen molar-refractivity contribution < 1.29 is 4.42 Å². The third-order valence-electron chi connectivity index (χ3n) is 3.10. The molecule has 84 valence electrons. The SMILES string of the molecule is CC(C)N1CCC(NCc2ccco2)C1. The Morgan fingerprint density at radius 2 is 2.47 bits per heavy atom. The number of hydrogen-bond acceptors (Lipinski definition) is 3. The monoisotopic (exact) mass is 208 g/mol. The van der Waals surface area contributed by atoms with Gasteiger partial charge in [-0.2, -0.15) is 0 Å². The summed E-state index contributed by atoms with van der Waals surface area (Å²) in [5, 5.41) is 3.53. The van der Waals surface area contributed by atoms with E-state index in [4.69, 9.17) is 4.42 Å². The van der Waals surface area contributed by atoms with Gasteiger partial charge < -0.3 is 9.73 Å². The topological polar surface area (TPSA) is 28.4 Å². The molecule has 0 saturated carbocycles. The standard InChI is InChI=1S/C12H20N2O/c1-10(2)14-6-5-11(9-14)13-8-12-4-3-7-15-12/h3-4,7,10-11,13H,5-6,8-9H2,1-2H3. The zero-order valence-electron chi connectivity index (χ0n) is 9.57. The van der Waals surface area contributed by atoms with E-state index in [2.05, 4.69) is 24.1 Å². The molecule has 1 fully saturated rings. The maximum atomic E-state index is 5.29. The molecule has 2 rings (SSSR count). The fourth-order valence-electron chi connectivity index (χ4n) is 2.08. The Balaban J connectivity index is 1.73. The molecule has 1 aromatic rings. The lowest BCUT2D eigenvalue weighted by molar-refractivity contribution is 0.267. The van der Waals surface area contributed by atoms with Gasteiger partial charge >= 0.3 is 0 Å². The third kappa shape index (κ3) is 2.83. The number of rotatable bonds is 4. The van der Waals surface area contributed by atoms with Crippen molar-refractivity contribution in [2.75, 3.05) is 13.1 Å². The highest BCUT2D eigenvalue weighted by atomic mass is 16.3. The number of nitrogens with zero attached hydrogens (tertiary/aromatic N) is 1. The molecule has 1 N–H and O–H groups in total. The molecule has 3 heteroatoms. The minimum Gasteiger partial charge on any atom is -0.468 e. The lowest BCUT2D eigenvalue weighted by atomic mass is 10.2. The highest BCUT2D eigenvalue weighted by molar-refractivity contribution is 4.98. The number of likely N-dealkylation sites (tertiary alicyclic amines) is 1. The summed E-state index contributed by atoms with van der Waals surface area (Å²) in [5.74, 6) is 1.03. The maximum absolute atomic E-state index is 5.29. The Labute approximate surface area is 91.4 Å². The van der Waals surface area contributed by atoms with Crippen molar-refractivity contribution in [3.05, 3.63) is 24.2 Å². The van der Waals surface area contributed by atoms with Gasteiger partial charge in [0.25, 0.3) is 0 Å². The van der Waals surface area contributed by atoms with Crippen LogP contribution in [0.1, 0.15) is 26.0 Å². The first-order valence-corrected chi connectivity index (χ1v) is 5.75. The maximum Gasteiger partial charge on any atom is 0.117 e. The molecular formula is C12H20N2O. The van der Waals surface area contributed by atoms with Crippen LogP contribution in [0.3, 0.4) is 0 Å². The van der Waals surface area contributed by atoms with Crippen molar-refractivity contribution in [1.29, 1.82) is 0 Å². The molecule has 0 aliphatic carbocycles. The van der Waals surface area contributed by atoms with Crippen LogP contribution in [-0.2, 0) is 6.54 Å². The van der Waals surface area contributed by atoms with Gasteiger partial charge in [-0.05, 0) is 38.9 Å². The van der Waals surface area contributed by atoms with E-state index in [0.717, 1.165) is 12.3 Å². The summed E-state index contributed by atoms with van der Waals surface area (Å²) in [6.07, 6.45) is 2.98. The third-order valence-corrected chi connectivity index (χ3v) is 3.10. The highest BCUT2D eigenvalue weighted by Crippen LogP contribution is 2.12. The average molecular weight is 208 g/mol. The zero-order valence-corrected chi connectivity index (χ0v) is 9.57. The van der Waals surface area contributed by atoms with Crippen LogP contribution in [0.5, 0.6) is 0 Å². The highest BCUT2D eigenvalue weighted by Gasteiger charge is 2.23. The van der Waals surface area contributed by atoms with Crippen LogP contribution in [0.25, 0.3) is 0 Å². The van der Waals surface area contributed by atoms with Crippen molar-refractivity contribution in [3.63, 3.8) is 0 Å². The van der Waals surface area contributed by atoms with Crippen molar-refractivity contribution >= 4 is 0 Å². The number of nitrogens with one attached hydrogen (secondary N) is 1. The summed E-state index contributed by atoms with van der Waals surface area (Å²) < 4.78 is 5.29. The van der Waals surface area contributed by atoms with Crippen molar-refractivity contribution in [1.82, 2.24) is 10.2 Å². The number of furan rings is 1. The van der Waals surface area contributed by atoms with Gasteiger partial charge in [-0.15, -0.1) is 0 Å². The summed E-state index contributed by atoms with van der Waals surface area (Å²) in [6.45, 7) is 7.75. The van der Waals surface area contributed by atoms with Crippen LogP contribution in [0, 0.1) is 0 Å². The van der Waals surface area contributed by atoms with Gasteiger partial charge in [-0.25, -0.2) is 0 Å². The fourth-order valence-corrected chi connectivity index (χ4v) is 2.08. The summed E-state index contributed by atoms with van der Waals surface area (Å²) in [4.78, 5) is 2.51. The zero-order chi connectivity index (χ0) is 10.7. The van der Waals surface area contributed by atoms with Gasteiger partial charge in [0.2, 0.25) is 0 Å². The van der Waals surface area contributed by atoms with E-state index >= 15 is 0 Å². The second-order valence-corrected chi connectivity index (χ2v) is 4.53. The largest absolute Gasteiger partial charge is 0.468 e. The van der Waals surface area contributed by atoms with E-state index in [9.17, 15) is 0 Å². The molecule has 1 saturated heterocycles. The molecule has 1 unspecified atom stereocenters. The molecular weight excluding hydrogens is 188 g/mol. The van der Waals surface area contributed by atoms with Crippen LogP contribution in [0.15, 0.2) is 22.8 Å². The van der Waals surface area contributed by atoms with E-state index in [-0.39, 0.29) is 0 Å². The minimum absolute atomic E-state index is 0.623. The fraction of sp³-hybridized carbons (Fsp3) is 0.667. The Kier molecular flexibility index (Phi) is 3.44. The lowest BCUT2D eigenvalue weighted by Gasteiger charge is -2.20. The summed E-state index contributed by atoms with van der Waals surface area (Å²) >= 11 is 0. The van der Waals surface area contributed by atoms with Crippen LogP contribution in [-0.4, -0.2) is 30.1 Å². The Morgan fingerprint density at radius 3 is 3.07 bits per heavy atom. The van der Waals surface area contributed by atoms with Crippen LogP contribution in [0.4, 0.5) is 0 Å². The molecule has 1 atom stereocenters. The molecule has 0 aromatic carbocycles. The summed E-state index contributed by atoms with van der Waals surface area (Å²) in [7, 11) is 0. The quantitative estimate of drug-likeness (QED) is 0.818. The molecule has 1 aromatic heterocycles. The second-order valence-electron chi connectivity index (χ2n) is 4.53. The Hall–Kier alpha value is -0.800. The first-order chi connectivity index (χ1) is 7.25. The molecule has 1 aliphatic heterocycles. The predicted molar refractivity (Wildman–Crippen MR) is 60.7 cm³/mol. The van der Waals surface area contributed by atoms with E-state index in [1.807, 2.05) is 12.1 Å². The smallest absolute Gasteiger partial charge is 0.117 e. The van der Waals surface area contributed by atoms with E-state index < -0.39 is 0 Å². The molecule has 2 heterocycles. The molecule has 0 amide bonds. The van der Waals surface area contributed by atoms with Crippen LogP contribution < -0.4 is 5.32 Å². The Morgan fingerprint density at radius 1 is 1.60 bits per heavy atom. The predicted octanol–water partition coefficient (Wildman–Crippen LogP) is 1.85. The first-order valence-electron chi connectivity index (χ1n) is 5.75. The van der Waals surface area contributed by atoms with Crippen molar-refractivity contribution in [2.45, 2.75) is 38.9 Å². The van der Waals surface area contributed by atoms with E-state index in [1.54, 1.807) is 6.26 Å². The van der Waals surface area contributed by atoms with Crippen LogP contribution in [0.2, 0.25) is 0 Å². The second kappa shape index (κ2) is 4.81. The van der Waals surface area contributed by atoms with Crippen LogP contribution >= 0.6 is 0 Å². The normalized spacial score (nSPS) is 22.7. The molecule has 15 heavy (non-hydrogen) atoms. The van der Waals surface area contributed by atoms with Gasteiger partial charge in [0.05, 0.1) is 12.8 Å². The molecule has 0 bridgehead atoms. The summed E-state index contributed by atoms with van der Waals surface area (Å²) in [5.41, 5.74) is 0. The van der Waals surface area contributed by atoms with Crippen molar-refractivity contribution in [3.8, 4) is 0 Å². The summed E-state index contributed by atoms with van der Waals surface area (Å²) in [6, 6.07) is 5.24. The molecule has 1 aliphatic rings. The van der Waals surface area contributed by atoms with Crippen molar-refractivity contribution in [2.24, 2.45) is 0 Å². The molecule has 0 radical (unpaired) electrons. The first kappa shape index (κ1) is 10.7. The van der Waals surface area contributed by atoms with Gasteiger partial charge in [-0.1, -0.05) is 0 Å². The number of hydrogen-bond donors (Lipinski definition) is 1. The molecule has 0 spiro atoms. The average Bonchev–Trinajstić information content (AvgIpc) is 2.86.